The summed E-state index contributed by atoms with van der Waals surface area (Å²) in [4.78, 5) is 22.2. The van der Waals surface area contributed by atoms with Crippen molar-refractivity contribution in [3.8, 4) is 22.8 Å². The molecular weight excluding hydrogens is 421 g/mol. The van der Waals surface area contributed by atoms with Crippen LogP contribution in [0.3, 0.4) is 0 Å². The lowest BCUT2D eigenvalue weighted by Gasteiger charge is -2.32. The van der Waals surface area contributed by atoms with E-state index in [0.29, 0.717) is 18.7 Å². The van der Waals surface area contributed by atoms with Crippen LogP contribution < -0.4 is 4.74 Å². The Bertz CT molecular complexity index is 1300. The molecule has 1 aliphatic rings. The molecule has 2 aromatic heterocycles. The van der Waals surface area contributed by atoms with Gasteiger partial charge in [-0.3, -0.25) is 4.79 Å². The van der Waals surface area contributed by atoms with Crippen molar-refractivity contribution in [1.29, 1.82) is 0 Å². The molecule has 33 heavy (non-hydrogen) atoms. The second-order valence-corrected chi connectivity index (χ2v) is 7.94. The number of benzene rings is 2. The minimum atomic E-state index is -0.943. The van der Waals surface area contributed by atoms with Crippen molar-refractivity contribution in [2.24, 2.45) is 0 Å². The average molecular weight is 443 g/mol. The van der Waals surface area contributed by atoms with Crippen LogP contribution in [-0.4, -0.2) is 43.6 Å². The summed E-state index contributed by atoms with van der Waals surface area (Å²) in [7, 11) is 0. The molecule has 0 unspecified atom stereocenters. The summed E-state index contributed by atoms with van der Waals surface area (Å²) in [5, 5.41) is 5.67. The quantitative estimate of drug-likeness (QED) is 0.409. The largest absolute Gasteiger partial charge is 0.457 e. The first-order valence-electron chi connectivity index (χ1n) is 10.8. The van der Waals surface area contributed by atoms with Gasteiger partial charge in [-0.1, -0.05) is 24.8 Å². The van der Waals surface area contributed by atoms with E-state index in [1.807, 2.05) is 59.3 Å². The zero-order valence-corrected chi connectivity index (χ0v) is 17.9. The molecule has 0 radical (unpaired) electrons. The van der Waals surface area contributed by atoms with E-state index in [-0.39, 0.29) is 6.04 Å². The Morgan fingerprint density at radius 2 is 1.85 bits per heavy atom. The van der Waals surface area contributed by atoms with Gasteiger partial charge in [-0.05, 0) is 49.2 Å². The van der Waals surface area contributed by atoms with Gasteiger partial charge in [-0.15, -0.1) is 0 Å². The second kappa shape index (κ2) is 8.82. The first-order valence-corrected chi connectivity index (χ1v) is 10.8. The van der Waals surface area contributed by atoms with E-state index in [2.05, 4.69) is 16.5 Å². The summed E-state index contributed by atoms with van der Waals surface area (Å²) in [5.74, 6) is -0.125. The third-order valence-corrected chi connectivity index (χ3v) is 5.74. The lowest BCUT2D eigenvalue weighted by atomic mass is 10.1. The number of rotatable bonds is 5. The molecule has 0 spiro atoms. The smallest absolute Gasteiger partial charge is 0.282 e. The number of carbonyl (C=O) groups is 1. The van der Waals surface area contributed by atoms with Crippen LogP contribution in [0.1, 0.15) is 18.9 Å². The molecule has 1 atom stereocenters. The maximum absolute atomic E-state index is 13.4. The van der Waals surface area contributed by atoms with Crippen LogP contribution in [0.2, 0.25) is 0 Å². The molecule has 2 aromatic carbocycles. The number of amides is 1. The van der Waals surface area contributed by atoms with Crippen molar-refractivity contribution in [1.82, 2.24) is 24.6 Å². The topological polar surface area (TPSA) is 73.1 Å². The van der Waals surface area contributed by atoms with Crippen LogP contribution in [-0.2, 0) is 4.79 Å². The summed E-state index contributed by atoms with van der Waals surface area (Å²) in [6, 6.07) is 17.1. The number of para-hydroxylation sites is 1. The average Bonchev–Trinajstić information content (AvgIpc) is 3.24. The van der Waals surface area contributed by atoms with E-state index >= 15 is 0 Å². The Balaban J connectivity index is 1.45. The molecule has 0 bridgehead atoms. The number of ether oxygens (including phenoxy) is 1. The number of likely N-dealkylation sites (tertiary alicyclic amines) is 1. The zero-order chi connectivity index (χ0) is 22.8. The van der Waals surface area contributed by atoms with Crippen LogP contribution in [0.25, 0.3) is 22.3 Å². The van der Waals surface area contributed by atoms with E-state index in [4.69, 9.17) is 9.84 Å². The minimum absolute atomic E-state index is 0.117. The Hall–Kier alpha value is -4.07. The highest BCUT2D eigenvalue weighted by Crippen LogP contribution is 2.32. The number of piperidine rings is 1. The lowest BCUT2D eigenvalue weighted by Crippen LogP contribution is -2.41. The van der Waals surface area contributed by atoms with E-state index < -0.39 is 11.7 Å². The van der Waals surface area contributed by atoms with Crippen LogP contribution >= 0.6 is 0 Å². The Morgan fingerprint density at radius 1 is 1.09 bits per heavy atom. The predicted molar refractivity (Wildman–Crippen MR) is 122 cm³/mol. The van der Waals surface area contributed by atoms with Crippen molar-refractivity contribution in [2.75, 3.05) is 13.1 Å². The van der Waals surface area contributed by atoms with Crippen molar-refractivity contribution in [2.45, 2.75) is 18.9 Å². The van der Waals surface area contributed by atoms with Gasteiger partial charge in [-0.2, -0.15) is 5.10 Å². The van der Waals surface area contributed by atoms with Crippen LogP contribution in [0.5, 0.6) is 11.5 Å². The Kier molecular flexibility index (Phi) is 5.56. The van der Waals surface area contributed by atoms with Gasteiger partial charge in [-0.25, -0.2) is 19.0 Å². The zero-order valence-electron chi connectivity index (χ0n) is 17.9. The van der Waals surface area contributed by atoms with E-state index in [0.717, 1.165) is 41.0 Å². The minimum Gasteiger partial charge on any atom is -0.457 e. The van der Waals surface area contributed by atoms with Gasteiger partial charge in [0.15, 0.2) is 11.5 Å². The summed E-state index contributed by atoms with van der Waals surface area (Å²) >= 11 is 0. The molecule has 3 heterocycles. The normalized spacial score (nSPS) is 16.0. The fourth-order valence-electron chi connectivity index (χ4n) is 4.17. The molecule has 0 saturated carbocycles. The van der Waals surface area contributed by atoms with Crippen LogP contribution in [0.4, 0.5) is 4.39 Å². The highest BCUT2D eigenvalue weighted by Gasteiger charge is 2.29. The van der Waals surface area contributed by atoms with Gasteiger partial charge in [0.2, 0.25) is 0 Å². The lowest BCUT2D eigenvalue weighted by molar-refractivity contribution is -0.130. The summed E-state index contributed by atoms with van der Waals surface area (Å²) in [6.45, 7) is 4.00. The van der Waals surface area contributed by atoms with Crippen molar-refractivity contribution >= 4 is 16.9 Å². The monoisotopic (exact) mass is 443 g/mol. The molecule has 5 rings (SSSR count). The van der Waals surface area contributed by atoms with Gasteiger partial charge in [0.25, 0.3) is 5.91 Å². The van der Waals surface area contributed by atoms with Crippen molar-refractivity contribution in [3.63, 3.8) is 0 Å². The number of nitrogens with zero attached hydrogens (tertiary/aromatic N) is 5. The molecule has 0 N–H and O–H groups in total. The maximum atomic E-state index is 13.4. The fourth-order valence-corrected chi connectivity index (χ4v) is 4.17. The molecule has 1 amide bonds. The van der Waals surface area contributed by atoms with Crippen LogP contribution in [0.15, 0.2) is 79.5 Å². The molecular formula is C25H22FN5O2. The highest BCUT2D eigenvalue weighted by atomic mass is 19.1. The molecule has 4 aromatic rings. The third kappa shape index (κ3) is 4.19. The summed E-state index contributed by atoms with van der Waals surface area (Å²) in [6.07, 6.45) is 4.78. The van der Waals surface area contributed by atoms with Crippen LogP contribution in [0, 0.1) is 0 Å². The van der Waals surface area contributed by atoms with E-state index in [1.165, 1.54) is 11.2 Å². The number of halogens is 1. The first kappa shape index (κ1) is 20.8. The third-order valence-electron chi connectivity index (χ3n) is 5.74. The Morgan fingerprint density at radius 3 is 2.61 bits per heavy atom. The molecule has 1 fully saturated rings. The first-order chi connectivity index (χ1) is 16.1. The molecule has 1 saturated heterocycles. The van der Waals surface area contributed by atoms with E-state index in [9.17, 15) is 9.18 Å². The predicted octanol–water partition coefficient (Wildman–Crippen LogP) is 4.93. The van der Waals surface area contributed by atoms with Crippen molar-refractivity contribution < 1.29 is 13.9 Å². The number of fused-ring (bicyclic) bond motifs is 1. The summed E-state index contributed by atoms with van der Waals surface area (Å²) < 4.78 is 21.1. The number of carbonyl (C=O) groups excluding carboxylic acids is 1. The van der Waals surface area contributed by atoms with Crippen molar-refractivity contribution in [3.05, 3.63) is 79.5 Å². The molecule has 8 heteroatoms. The SMILES string of the molecule is C=C(F)C(=O)N1CCC[C@H](n2nc(-c3ccc(Oc4ccccc4)cc3)c3cncnc32)C1. The fraction of sp³-hybridized carbons (Fsp3) is 0.200. The number of hydrogen-bond acceptors (Lipinski definition) is 5. The molecule has 0 aliphatic carbocycles. The molecule has 166 valence electrons. The summed E-state index contributed by atoms with van der Waals surface area (Å²) in [5.41, 5.74) is 2.33. The van der Waals surface area contributed by atoms with Gasteiger partial charge in [0.1, 0.15) is 23.5 Å². The number of hydrogen-bond donors (Lipinski definition) is 0. The maximum Gasteiger partial charge on any atom is 0.282 e. The number of aromatic nitrogens is 4. The second-order valence-electron chi connectivity index (χ2n) is 7.94. The van der Waals surface area contributed by atoms with E-state index in [1.54, 1.807) is 6.20 Å². The van der Waals surface area contributed by atoms with Gasteiger partial charge in [0, 0.05) is 24.8 Å². The van der Waals surface area contributed by atoms with Gasteiger partial charge >= 0.3 is 0 Å². The highest BCUT2D eigenvalue weighted by molar-refractivity contribution is 5.91. The van der Waals surface area contributed by atoms with Gasteiger partial charge in [0.05, 0.1) is 11.4 Å². The van der Waals surface area contributed by atoms with Gasteiger partial charge < -0.3 is 9.64 Å². The standard InChI is InChI=1S/C25H22FN5O2/c1-17(26)25(32)30-13-5-6-19(15-30)31-24-22(14-27-16-28-24)23(29-31)18-9-11-21(12-10-18)33-20-7-3-2-4-8-20/h2-4,7-12,14,16,19H,1,5-6,13,15H2/t19-/m0/s1. The molecule has 1 aliphatic heterocycles. The Labute approximate surface area is 190 Å². The molecule has 7 nitrogen and oxygen atoms in total.